The van der Waals surface area contributed by atoms with Gasteiger partial charge in [0.15, 0.2) is 11.6 Å². The number of Topliss-reactive ketones (excluding diaryl/α,β-unsaturated/α-hetero) is 1. The third kappa shape index (κ3) is 3.26. The summed E-state index contributed by atoms with van der Waals surface area (Å²) in [7, 11) is 0. The summed E-state index contributed by atoms with van der Waals surface area (Å²) in [5, 5.41) is 19.1. The fraction of sp³-hybridized carbons (Fsp3) is 0.192. The van der Waals surface area contributed by atoms with Crippen LogP contribution in [0.3, 0.4) is 0 Å². The zero-order chi connectivity index (χ0) is 23.4. The summed E-state index contributed by atoms with van der Waals surface area (Å²) in [6.07, 6.45) is 2.22. The Kier molecular flexibility index (Phi) is 4.55. The lowest BCUT2D eigenvalue weighted by atomic mass is 10.1. The number of hydrogen-bond acceptors (Lipinski definition) is 6. The number of nitrogens with one attached hydrogen (secondary N) is 1. The smallest absolute Gasteiger partial charge is 0.308 e. The number of esters is 1. The second-order valence-corrected chi connectivity index (χ2v) is 8.61. The van der Waals surface area contributed by atoms with Gasteiger partial charge in [-0.05, 0) is 30.4 Å². The van der Waals surface area contributed by atoms with E-state index in [1.54, 1.807) is 10.6 Å². The van der Waals surface area contributed by atoms with Gasteiger partial charge in [-0.15, -0.1) is 10.2 Å². The fourth-order valence-corrected chi connectivity index (χ4v) is 4.47. The fourth-order valence-electron chi connectivity index (χ4n) is 4.47. The molecule has 0 atom stereocenters. The molecule has 2 heterocycles. The van der Waals surface area contributed by atoms with Crippen LogP contribution in [0, 0.1) is 0 Å². The van der Waals surface area contributed by atoms with Crippen LogP contribution in [0.5, 0.6) is 5.75 Å². The number of carbonyl (C=O) groups is 2. The normalized spacial score (nSPS) is 13.5. The zero-order valence-corrected chi connectivity index (χ0v) is 18.7. The lowest BCUT2D eigenvalue weighted by Crippen LogP contribution is -2.09. The maximum Gasteiger partial charge on any atom is 0.308 e. The average molecular weight is 451 g/mol. The van der Waals surface area contributed by atoms with Gasteiger partial charge in [0.25, 0.3) is 0 Å². The number of rotatable bonds is 5. The van der Waals surface area contributed by atoms with E-state index in [9.17, 15) is 9.59 Å². The Labute approximate surface area is 194 Å². The first-order valence-corrected chi connectivity index (χ1v) is 11.2. The van der Waals surface area contributed by atoms with E-state index in [-0.39, 0.29) is 11.6 Å². The van der Waals surface area contributed by atoms with Gasteiger partial charge in [0, 0.05) is 42.3 Å². The Hall–Kier alpha value is -4.33. The highest BCUT2D eigenvalue weighted by Crippen LogP contribution is 2.44. The Morgan fingerprint density at radius 1 is 1.00 bits per heavy atom. The lowest BCUT2D eigenvalue weighted by Gasteiger charge is -2.14. The molecule has 0 unspecified atom stereocenters. The van der Waals surface area contributed by atoms with Gasteiger partial charge in [-0.3, -0.25) is 19.3 Å². The molecule has 34 heavy (non-hydrogen) atoms. The van der Waals surface area contributed by atoms with Crippen molar-refractivity contribution in [1.82, 2.24) is 25.0 Å². The van der Waals surface area contributed by atoms with Gasteiger partial charge < -0.3 is 4.74 Å². The molecular weight excluding hydrogens is 430 g/mol. The molecule has 0 aliphatic heterocycles. The molecule has 0 saturated heterocycles. The van der Waals surface area contributed by atoms with Crippen LogP contribution in [0.4, 0.5) is 0 Å². The number of hydrogen-bond donors (Lipinski definition) is 1. The topological polar surface area (TPSA) is 103 Å². The number of H-pyrrole nitrogens is 1. The number of ketones is 1. The molecule has 5 aromatic rings. The predicted octanol–water partition coefficient (Wildman–Crippen LogP) is 4.97. The summed E-state index contributed by atoms with van der Waals surface area (Å²) >= 11 is 0. The SMILES string of the molecule is CC(=O)Oc1cc2n[nH]c(C3CC3)c2cc1-c1nnc(C(C)=O)n1-c1cccc2ccccc12. The van der Waals surface area contributed by atoms with Crippen LogP contribution in [-0.4, -0.2) is 36.7 Å². The van der Waals surface area contributed by atoms with E-state index in [1.807, 2.05) is 48.5 Å². The van der Waals surface area contributed by atoms with E-state index in [2.05, 4.69) is 20.4 Å². The molecule has 0 amide bonds. The lowest BCUT2D eigenvalue weighted by molar-refractivity contribution is -0.131. The zero-order valence-electron chi connectivity index (χ0n) is 18.7. The second kappa shape index (κ2) is 7.62. The van der Waals surface area contributed by atoms with Crippen molar-refractivity contribution in [3.8, 4) is 22.8 Å². The molecule has 1 saturated carbocycles. The van der Waals surface area contributed by atoms with Crippen molar-refractivity contribution >= 4 is 33.4 Å². The third-order valence-corrected chi connectivity index (χ3v) is 6.15. The number of benzene rings is 3. The first kappa shape index (κ1) is 20.3. The molecule has 1 aliphatic rings. The first-order chi connectivity index (χ1) is 16.5. The van der Waals surface area contributed by atoms with E-state index in [0.29, 0.717) is 28.6 Å². The predicted molar refractivity (Wildman–Crippen MR) is 127 cm³/mol. The second-order valence-electron chi connectivity index (χ2n) is 8.61. The highest BCUT2D eigenvalue weighted by molar-refractivity contribution is 5.97. The third-order valence-electron chi connectivity index (χ3n) is 6.15. The number of aromatic amines is 1. The van der Waals surface area contributed by atoms with Crippen LogP contribution in [0.1, 0.15) is 48.9 Å². The van der Waals surface area contributed by atoms with Gasteiger partial charge in [-0.1, -0.05) is 36.4 Å². The molecule has 2 aromatic heterocycles. The Bertz CT molecular complexity index is 1600. The van der Waals surface area contributed by atoms with E-state index >= 15 is 0 Å². The van der Waals surface area contributed by atoms with Crippen molar-refractivity contribution in [3.05, 3.63) is 66.1 Å². The molecule has 0 radical (unpaired) electrons. The van der Waals surface area contributed by atoms with Crippen LogP contribution < -0.4 is 4.74 Å². The van der Waals surface area contributed by atoms with Crippen molar-refractivity contribution in [2.45, 2.75) is 32.6 Å². The Morgan fingerprint density at radius 3 is 2.56 bits per heavy atom. The molecule has 1 aliphatic carbocycles. The standard InChI is InChI=1S/C26H21N5O3/c1-14(32)25-29-30-26(31(25)22-9-5-7-16-6-3-4-8-18(16)22)20-12-19-21(13-23(20)34-15(2)33)27-28-24(19)17-10-11-17/h3-9,12-13,17H,10-11H2,1-2H3,(H,27,28). The van der Waals surface area contributed by atoms with Crippen LogP contribution >= 0.6 is 0 Å². The first-order valence-electron chi connectivity index (χ1n) is 11.2. The molecule has 1 fully saturated rings. The van der Waals surface area contributed by atoms with Gasteiger partial charge >= 0.3 is 5.97 Å². The quantitative estimate of drug-likeness (QED) is 0.230. The molecule has 0 spiro atoms. The molecular formula is C26H21N5O3. The monoisotopic (exact) mass is 451 g/mol. The molecule has 6 rings (SSSR count). The molecule has 168 valence electrons. The maximum absolute atomic E-state index is 12.6. The minimum atomic E-state index is -0.457. The number of carbonyl (C=O) groups excluding carboxylic acids is 2. The van der Waals surface area contributed by atoms with Crippen LogP contribution in [-0.2, 0) is 4.79 Å². The summed E-state index contributed by atoms with van der Waals surface area (Å²) in [5.74, 6) is 0.710. The minimum Gasteiger partial charge on any atom is -0.426 e. The molecule has 8 heteroatoms. The summed E-state index contributed by atoms with van der Waals surface area (Å²) in [4.78, 5) is 24.5. The molecule has 8 nitrogen and oxygen atoms in total. The van der Waals surface area contributed by atoms with Crippen molar-refractivity contribution < 1.29 is 14.3 Å². The van der Waals surface area contributed by atoms with E-state index in [1.165, 1.54) is 13.8 Å². The van der Waals surface area contributed by atoms with Crippen molar-refractivity contribution in [2.75, 3.05) is 0 Å². The number of ether oxygens (including phenoxy) is 1. The highest BCUT2D eigenvalue weighted by atomic mass is 16.5. The van der Waals surface area contributed by atoms with Crippen molar-refractivity contribution in [1.29, 1.82) is 0 Å². The van der Waals surface area contributed by atoms with Gasteiger partial charge in [0.2, 0.25) is 5.82 Å². The van der Waals surface area contributed by atoms with Gasteiger partial charge in [-0.25, -0.2) is 0 Å². The van der Waals surface area contributed by atoms with Crippen LogP contribution in [0.2, 0.25) is 0 Å². The molecule has 3 aromatic carbocycles. The van der Waals surface area contributed by atoms with E-state index in [0.717, 1.165) is 40.4 Å². The Balaban J connectivity index is 1.66. The highest BCUT2D eigenvalue weighted by Gasteiger charge is 2.29. The van der Waals surface area contributed by atoms with Crippen LogP contribution in [0.15, 0.2) is 54.6 Å². The van der Waals surface area contributed by atoms with Crippen molar-refractivity contribution in [2.24, 2.45) is 0 Å². The summed E-state index contributed by atoms with van der Waals surface area (Å²) in [5.41, 5.74) is 3.12. The van der Waals surface area contributed by atoms with E-state index in [4.69, 9.17) is 4.74 Å². The summed E-state index contributed by atoms with van der Waals surface area (Å²) < 4.78 is 7.33. The Morgan fingerprint density at radius 2 is 1.79 bits per heavy atom. The number of nitrogens with zero attached hydrogens (tertiary/aromatic N) is 4. The number of fused-ring (bicyclic) bond motifs is 2. The van der Waals surface area contributed by atoms with E-state index < -0.39 is 5.97 Å². The van der Waals surface area contributed by atoms with Gasteiger partial charge in [0.05, 0.1) is 16.8 Å². The average Bonchev–Trinajstić information content (AvgIpc) is 3.43. The molecule has 1 N–H and O–H groups in total. The summed E-state index contributed by atoms with van der Waals surface area (Å²) in [6.45, 7) is 2.82. The van der Waals surface area contributed by atoms with Gasteiger partial charge in [0.1, 0.15) is 5.75 Å². The minimum absolute atomic E-state index is 0.204. The van der Waals surface area contributed by atoms with Gasteiger partial charge in [-0.2, -0.15) is 5.10 Å². The summed E-state index contributed by atoms with van der Waals surface area (Å²) in [6, 6.07) is 17.5. The number of aromatic nitrogens is 5. The largest absolute Gasteiger partial charge is 0.426 e. The van der Waals surface area contributed by atoms with Crippen LogP contribution in [0.25, 0.3) is 38.8 Å². The van der Waals surface area contributed by atoms with Crippen molar-refractivity contribution in [3.63, 3.8) is 0 Å². The maximum atomic E-state index is 12.6. The molecule has 0 bridgehead atoms.